The predicted octanol–water partition coefficient (Wildman–Crippen LogP) is 3.13. The van der Waals surface area contributed by atoms with Crippen LogP contribution in [0.3, 0.4) is 0 Å². The highest BCUT2D eigenvalue weighted by atomic mass is 32.2. The minimum absolute atomic E-state index is 0.0882. The molecule has 0 atom stereocenters. The van der Waals surface area contributed by atoms with E-state index in [9.17, 15) is 13.2 Å². The van der Waals surface area contributed by atoms with Crippen LogP contribution >= 0.6 is 11.3 Å². The first kappa shape index (κ1) is 19.4. The number of aryl methyl sites for hydroxylation is 2. The van der Waals surface area contributed by atoms with E-state index in [1.807, 2.05) is 19.9 Å². The number of rotatable bonds is 6. The molecule has 1 aromatic carbocycles. The molecule has 0 bridgehead atoms. The van der Waals surface area contributed by atoms with Gasteiger partial charge in [-0.3, -0.25) is 4.79 Å². The van der Waals surface area contributed by atoms with Crippen LogP contribution in [0.2, 0.25) is 0 Å². The first-order valence-corrected chi connectivity index (χ1v) is 9.97. The molecule has 0 saturated heterocycles. The van der Waals surface area contributed by atoms with Crippen molar-refractivity contribution >= 4 is 33.0 Å². The number of thiophene rings is 1. The quantitative estimate of drug-likeness (QED) is 0.833. The molecule has 0 saturated carbocycles. The third-order valence-corrected chi connectivity index (χ3v) is 6.95. The fourth-order valence-corrected chi connectivity index (χ4v) is 4.26. The molecular weight excluding hydrogens is 360 g/mol. The van der Waals surface area contributed by atoms with Crippen molar-refractivity contribution in [2.45, 2.75) is 25.2 Å². The van der Waals surface area contributed by atoms with E-state index in [1.54, 1.807) is 0 Å². The maximum atomic E-state index is 12.5. The average Bonchev–Trinajstić information content (AvgIpc) is 2.95. The van der Waals surface area contributed by atoms with Crippen LogP contribution in [0.15, 0.2) is 29.2 Å². The number of carbonyl (C=O) groups excluding carboxylic acids is 1. The highest BCUT2D eigenvalue weighted by Gasteiger charge is 2.20. The van der Waals surface area contributed by atoms with E-state index in [4.69, 9.17) is 4.74 Å². The molecule has 0 fully saturated rings. The Balaban J connectivity index is 2.38. The smallest absolute Gasteiger partial charge is 0.265 e. The summed E-state index contributed by atoms with van der Waals surface area (Å²) in [5.41, 5.74) is 1.40. The Morgan fingerprint density at radius 2 is 1.96 bits per heavy atom. The number of sulfonamides is 1. The number of nitrogens with zero attached hydrogens (tertiary/aromatic N) is 1. The third kappa shape index (κ3) is 4.02. The molecule has 1 amide bonds. The lowest BCUT2D eigenvalue weighted by Crippen LogP contribution is -2.22. The summed E-state index contributed by atoms with van der Waals surface area (Å²) < 4.78 is 31.0. The summed E-state index contributed by atoms with van der Waals surface area (Å²) >= 11 is 1.44. The Hall–Kier alpha value is -1.90. The molecule has 0 aliphatic heterocycles. The monoisotopic (exact) mass is 382 g/mol. The van der Waals surface area contributed by atoms with Crippen LogP contribution in [0.25, 0.3) is 0 Å². The maximum absolute atomic E-state index is 12.5. The first-order valence-electron chi connectivity index (χ1n) is 7.72. The number of anilines is 1. The molecule has 8 heteroatoms. The molecule has 0 aliphatic carbocycles. The zero-order valence-corrected chi connectivity index (χ0v) is 16.5. The van der Waals surface area contributed by atoms with E-state index in [-0.39, 0.29) is 10.8 Å². The second-order valence-electron chi connectivity index (χ2n) is 5.67. The lowest BCUT2D eigenvalue weighted by Gasteiger charge is -2.15. The molecule has 6 nitrogen and oxygen atoms in total. The van der Waals surface area contributed by atoms with E-state index < -0.39 is 10.0 Å². The minimum Gasteiger partial charge on any atom is -0.495 e. The van der Waals surface area contributed by atoms with Crippen LogP contribution in [0, 0.1) is 6.92 Å². The number of nitrogens with one attached hydrogen (secondary N) is 1. The summed E-state index contributed by atoms with van der Waals surface area (Å²) in [6.07, 6.45) is 0.865. The summed E-state index contributed by atoms with van der Waals surface area (Å²) in [4.78, 5) is 14.4. The van der Waals surface area contributed by atoms with Gasteiger partial charge in [0.2, 0.25) is 10.0 Å². The summed E-state index contributed by atoms with van der Waals surface area (Å²) in [5, 5.41) is 2.76. The standard InChI is InChI=1S/C17H22N2O4S2/c1-6-15-11(2)9-16(24-15)17(20)18-13-10-12(7-8-14(13)23-5)25(21,22)19(3)4/h7-10H,6H2,1-5H3,(H,18,20). The van der Waals surface area contributed by atoms with Gasteiger partial charge in [-0.05, 0) is 43.2 Å². The van der Waals surface area contributed by atoms with Crippen LogP contribution in [-0.4, -0.2) is 39.8 Å². The van der Waals surface area contributed by atoms with Crippen molar-refractivity contribution in [1.82, 2.24) is 4.31 Å². The Labute approximate surface area is 152 Å². The van der Waals surface area contributed by atoms with Crippen LogP contribution in [0.1, 0.15) is 27.0 Å². The van der Waals surface area contributed by atoms with Gasteiger partial charge < -0.3 is 10.1 Å². The van der Waals surface area contributed by atoms with Gasteiger partial charge in [0.05, 0.1) is 22.6 Å². The molecule has 1 aromatic heterocycles. The van der Waals surface area contributed by atoms with Gasteiger partial charge in [0, 0.05) is 19.0 Å². The largest absolute Gasteiger partial charge is 0.495 e. The lowest BCUT2D eigenvalue weighted by atomic mass is 10.2. The van der Waals surface area contributed by atoms with Gasteiger partial charge in [0.1, 0.15) is 5.75 Å². The second kappa shape index (κ2) is 7.55. The number of methoxy groups -OCH3 is 1. The highest BCUT2D eigenvalue weighted by Crippen LogP contribution is 2.30. The Morgan fingerprint density at radius 3 is 2.48 bits per heavy atom. The fourth-order valence-electron chi connectivity index (χ4n) is 2.32. The fraction of sp³-hybridized carbons (Fsp3) is 0.353. The number of carbonyl (C=O) groups is 1. The molecule has 2 aromatic rings. The summed E-state index contributed by atoms with van der Waals surface area (Å²) in [7, 11) is 0.779. The van der Waals surface area contributed by atoms with Gasteiger partial charge >= 0.3 is 0 Å². The second-order valence-corrected chi connectivity index (χ2v) is 8.96. The summed E-state index contributed by atoms with van der Waals surface area (Å²) in [6.45, 7) is 4.01. The molecule has 0 aliphatic rings. The average molecular weight is 383 g/mol. The van der Waals surface area contributed by atoms with E-state index >= 15 is 0 Å². The van der Waals surface area contributed by atoms with Gasteiger partial charge in [-0.15, -0.1) is 11.3 Å². The van der Waals surface area contributed by atoms with E-state index in [1.165, 1.54) is 50.7 Å². The van der Waals surface area contributed by atoms with E-state index in [2.05, 4.69) is 5.32 Å². The SMILES string of the molecule is CCc1sc(C(=O)Nc2cc(S(=O)(=O)N(C)C)ccc2OC)cc1C. The van der Waals surface area contributed by atoms with Crippen molar-refractivity contribution in [1.29, 1.82) is 0 Å². The molecular formula is C17H22N2O4S2. The molecule has 1 heterocycles. The summed E-state index contributed by atoms with van der Waals surface area (Å²) in [5.74, 6) is 0.112. The van der Waals surface area contributed by atoms with Gasteiger partial charge in [0.15, 0.2) is 0 Å². The van der Waals surface area contributed by atoms with Gasteiger partial charge in [0.25, 0.3) is 5.91 Å². The van der Waals surface area contributed by atoms with E-state index in [0.29, 0.717) is 16.3 Å². The maximum Gasteiger partial charge on any atom is 0.265 e. The lowest BCUT2D eigenvalue weighted by molar-refractivity contribution is 0.103. The van der Waals surface area contributed by atoms with Crippen LogP contribution in [0.4, 0.5) is 5.69 Å². The van der Waals surface area contributed by atoms with Gasteiger partial charge in [-0.1, -0.05) is 6.92 Å². The van der Waals surface area contributed by atoms with E-state index in [0.717, 1.165) is 21.2 Å². The Morgan fingerprint density at radius 1 is 1.28 bits per heavy atom. The molecule has 2 rings (SSSR count). The zero-order valence-electron chi connectivity index (χ0n) is 14.9. The molecule has 0 spiro atoms. The molecule has 0 unspecified atom stereocenters. The van der Waals surface area contributed by atoms with Crippen molar-refractivity contribution in [3.8, 4) is 5.75 Å². The van der Waals surface area contributed by atoms with Crippen molar-refractivity contribution in [3.05, 3.63) is 39.6 Å². The number of ether oxygens (including phenoxy) is 1. The Bertz CT molecular complexity index is 886. The number of amides is 1. The van der Waals surface area contributed by atoms with Crippen LogP contribution in [0.5, 0.6) is 5.75 Å². The first-order chi connectivity index (χ1) is 11.7. The molecule has 0 radical (unpaired) electrons. The van der Waals surface area contributed by atoms with Gasteiger partial charge in [-0.2, -0.15) is 0 Å². The van der Waals surface area contributed by atoms with Crippen LogP contribution in [-0.2, 0) is 16.4 Å². The van der Waals surface area contributed by atoms with Crippen molar-refractivity contribution in [2.24, 2.45) is 0 Å². The molecule has 136 valence electrons. The van der Waals surface area contributed by atoms with Crippen molar-refractivity contribution < 1.29 is 17.9 Å². The van der Waals surface area contributed by atoms with Gasteiger partial charge in [-0.25, -0.2) is 12.7 Å². The number of hydrogen-bond donors (Lipinski definition) is 1. The summed E-state index contributed by atoms with van der Waals surface area (Å²) in [6, 6.07) is 6.23. The Kier molecular flexibility index (Phi) is 5.87. The van der Waals surface area contributed by atoms with Crippen LogP contribution < -0.4 is 10.1 Å². The number of benzene rings is 1. The van der Waals surface area contributed by atoms with Crippen molar-refractivity contribution in [3.63, 3.8) is 0 Å². The van der Waals surface area contributed by atoms with Crippen molar-refractivity contribution in [2.75, 3.05) is 26.5 Å². The highest BCUT2D eigenvalue weighted by molar-refractivity contribution is 7.89. The topological polar surface area (TPSA) is 75.7 Å². The zero-order chi connectivity index (χ0) is 18.8. The molecule has 25 heavy (non-hydrogen) atoms. The normalized spacial score (nSPS) is 11.6. The predicted molar refractivity (Wildman–Crippen MR) is 100 cm³/mol. The minimum atomic E-state index is -3.60. The third-order valence-electron chi connectivity index (χ3n) is 3.76. The molecule has 1 N–H and O–H groups in total. The number of hydrogen-bond acceptors (Lipinski definition) is 5.